The number of rotatable bonds is 1. The van der Waals surface area contributed by atoms with Crippen molar-refractivity contribution in [2.24, 2.45) is 0 Å². The zero-order valence-electron chi connectivity index (χ0n) is 8.64. The molecule has 2 heteroatoms. The van der Waals surface area contributed by atoms with E-state index < -0.39 is 0 Å². The van der Waals surface area contributed by atoms with Gasteiger partial charge in [0, 0.05) is 17.0 Å². The predicted octanol–water partition coefficient (Wildman–Crippen LogP) is 3.54. The molecule has 16 heavy (non-hydrogen) atoms. The molecule has 2 nitrogen and oxygen atoms in total. The Morgan fingerprint density at radius 2 is 1.62 bits per heavy atom. The number of fused-ring (bicyclic) bond motifs is 1. The molecule has 78 valence electrons. The molecule has 1 heterocycles. The normalized spacial score (nSPS) is 10.8. The van der Waals surface area contributed by atoms with Gasteiger partial charge < -0.3 is 10.1 Å². The molecule has 0 aliphatic heterocycles. The third-order valence-electron chi connectivity index (χ3n) is 2.72. The molecular weight excluding hydrogens is 198 g/mol. The fourth-order valence-corrected chi connectivity index (χ4v) is 1.92. The number of aromatic hydroxyl groups is 1. The van der Waals surface area contributed by atoms with E-state index in [9.17, 15) is 5.11 Å². The molecule has 3 aromatic rings. The van der Waals surface area contributed by atoms with Crippen LogP contribution in [0.1, 0.15) is 0 Å². The van der Waals surface area contributed by atoms with Crippen LogP contribution in [0, 0.1) is 0 Å². The van der Waals surface area contributed by atoms with Crippen molar-refractivity contribution in [1.82, 2.24) is 4.98 Å². The minimum absolute atomic E-state index is 0.209. The minimum atomic E-state index is 0.209. The topological polar surface area (TPSA) is 36.0 Å². The molecule has 2 aromatic carbocycles. The second kappa shape index (κ2) is 3.42. The van der Waals surface area contributed by atoms with Crippen molar-refractivity contribution in [3.8, 4) is 17.0 Å². The standard InChI is InChI=1S/C14H11NO/c16-14-9-12-7-6-11(8-13(12)15-14)10-4-2-1-3-5-10/h1-9,15-16H. The number of nitrogens with one attached hydrogen (secondary N) is 1. The summed E-state index contributed by atoms with van der Waals surface area (Å²) in [5.41, 5.74) is 3.28. The summed E-state index contributed by atoms with van der Waals surface area (Å²) in [5, 5.41) is 10.4. The molecule has 0 saturated carbocycles. The summed E-state index contributed by atoms with van der Waals surface area (Å²) in [4.78, 5) is 2.92. The van der Waals surface area contributed by atoms with Crippen molar-refractivity contribution in [3.63, 3.8) is 0 Å². The van der Waals surface area contributed by atoms with Crippen LogP contribution in [-0.2, 0) is 0 Å². The van der Waals surface area contributed by atoms with Crippen LogP contribution in [0.25, 0.3) is 22.0 Å². The highest BCUT2D eigenvalue weighted by Crippen LogP contribution is 2.26. The van der Waals surface area contributed by atoms with E-state index in [0.29, 0.717) is 0 Å². The van der Waals surface area contributed by atoms with E-state index in [0.717, 1.165) is 16.5 Å². The van der Waals surface area contributed by atoms with E-state index >= 15 is 0 Å². The summed E-state index contributed by atoms with van der Waals surface area (Å²) in [6.45, 7) is 0. The van der Waals surface area contributed by atoms with E-state index in [4.69, 9.17) is 0 Å². The van der Waals surface area contributed by atoms with Gasteiger partial charge >= 0.3 is 0 Å². The van der Waals surface area contributed by atoms with Gasteiger partial charge in [-0.1, -0.05) is 42.5 Å². The smallest absolute Gasteiger partial charge is 0.189 e. The predicted molar refractivity (Wildman–Crippen MR) is 65.4 cm³/mol. The Kier molecular flexibility index (Phi) is 1.93. The van der Waals surface area contributed by atoms with Gasteiger partial charge in [-0.3, -0.25) is 0 Å². The van der Waals surface area contributed by atoms with Crippen molar-refractivity contribution in [2.45, 2.75) is 0 Å². The highest BCUT2D eigenvalue weighted by Gasteiger charge is 2.01. The third-order valence-corrected chi connectivity index (χ3v) is 2.72. The van der Waals surface area contributed by atoms with Gasteiger partial charge in [0.1, 0.15) is 0 Å². The molecule has 3 rings (SSSR count). The lowest BCUT2D eigenvalue weighted by atomic mass is 10.0. The van der Waals surface area contributed by atoms with Gasteiger partial charge in [-0.05, 0) is 17.2 Å². The first kappa shape index (κ1) is 9.04. The fraction of sp³-hybridized carbons (Fsp3) is 0. The first-order valence-electron chi connectivity index (χ1n) is 5.20. The van der Waals surface area contributed by atoms with Crippen LogP contribution in [0.4, 0.5) is 0 Å². The van der Waals surface area contributed by atoms with Crippen molar-refractivity contribution in [3.05, 3.63) is 54.6 Å². The highest BCUT2D eigenvalue weighted by molar-refractivity contribution is 5.86. The largest absolute Gasteiger partial charge is 0.495 e. The summed E-state index contributed by atoms with van der Waals surface area (Å²) < 4.78 is 0. The molecule has 1 aromatic heterocycles. The van der Waals surface area contributed by atoms with Gasteiger partial charge in [-0.15, -0.1) is 0 Å². The molecule has 0 atom stereocenters. The quantitative estimate of drug-likeness (QED) is 0.631. The summed E-state index contributed by atoms with van der Waals surface area (Å²) in [5.74, 6) is 0.209. The van der Waals surface area contributed by atoms with E-state index in [1.165, 1.54) is 5.56 Å². The van der Waals surface area contributed by atoms with E-state index in [-0.39, 0.29) is 5.88 Å². The SMILES string of the molecule is Oc1cc2ccc(-c3ccccc3)cc2[nH]1. The van der Waals surface area contributed by atoms with Crippen LogP contribution in [-0.4, -0.2) is 10.1 Å². The Labute approximate surface area is 93.2 Å². The first-order chi connectivity index (χ1) is 7.83. The zero-order valence-corrected chi connectivity index (χ0v) is 8.64. The average Bonchev–Trinajstić information content (AvgIpc) is 2.69. The molecular formula is C14H11NO. The Bertz CT molecular complexity index is 626. The number of hydrogen-bond donors (Lipinski definition) is 2. The van der Waals surface area contributed by atoms with Crippen LogP contribution in [0.2, 0.25) is 0 Å². The lowest BCUT2D eigenvalue weighted by molar-refractivity contribution is 0.458. The van der Waals surface area contributed by atoms with E-state index in [1.807, 2.05) is 30.3 Å². The van der Waals surface area contributed by atoms with Gasteiger partial charge in [0.25, 0.3) is 0 Å². The second-order valence-electron chi connectivity index (χ2n) is 3.82. The summed E-state index contributed by atoms with van der Waals surface area (Å²) in [6.07, 6.45) is 0. The van der Waals surface area contributed by atoms with Crippen LogP contribution in [0.15, 0.2) is 54.6 Å². The number of aromatic nitrogens is 1. The maximum Gasteiger partial charge on any atom is 0.189 e. The molecule has 0 radical (unpaired) electrons. The lowest BCUT2D eigenvalue weighted by Crippen LogP contribution is -1.76. The van der Waals surface area contributed by atoms with Gasteiger partial charge in [0.2, 0.25) is 0 Å². The lowest BCUT2D eigenvalue weighted by Gasteiger charge is -2.00. The van der Waals surface area contributed by atoms with Gasteiger partial charge in [-0.2, -0.15) is 0 Å². The van der Waals surface area contributed by atoms with Crippen LogP contribution in [0.5, 0.6) is 5.88 Å². The van der Waals surface area contributed by atoms with Crippen molar-refractivity contribution < 1.29 is 5.11 Å². The summed E-state index contributed by atoms with van der Waals surface area (Å²) in [7, 11) is 0. The molecule has 0 bridgehead atoms. The Morgan fingerprint density at radius 1 is 0.812 bits per heavy atom. The van der Waals surface area contributed by atoms with Crippen molar-refractivity contribution in [1.29, 1.82) is 0 Å². The van der Waals surface area contributed by atoms with Gasteiger partial charge in [0.05, 0.1) is 0 Å². The number of aromatic amines is 1. The molecule has 0 amide bonds. The van der Waals surface area contributed by atoms with Crippen LogP contribution in [0.3, 0.4) is 0 Å². The Hall–Kier alpha value is -2.22. The Balaban J connectivity index is 2.18. The molecule has 0 fully saturated rings. The van der Waals surface area contributed by atoms with Crippen molar-refractivity contribution in [2.75, 3.05) is 0 Å². The van der Waals surface area contributed by atoms with E-state index in [2.05, 4.69) is 23.2 Å². The maximum atomic E-state index is 9.36. The number of hydrogen-bond acceptors (Lipinski definition) is 1. The maximum absolute atomic E-state index is 9.36. The third kappa shape index (κ3) is 1.44. The summed E-state index contributed by atoms with van der Waals surface area (Å²) >= 11 is 0. The molecule has 2 N–H and O–H groups in total. The van der Waals surface area contributed by atoms with Gasteiger partial charge in [0.15, 0.2) is 5.88 Å². The molecule has 0 spiro atoms. The van der Waals surface area contributed by atoms with Crippen LogP contribution < -0.4 is 0 Å². The number of benzene rings is 2. The Morgan fingerprint density at radius 3 is 2.44 bits per heavy atom. The monoisotopic (exact) mass is 209 g/mol. The summed E-state index contributed by atoms with van der Waals surface area (Å²) in [6, 6.07) is 18.0. The number of H-pyrrole nitrogens is 1. The fourth-order valence-electron chi connectivity index (χ4n) is 1.92. The highest BCUT2D eigenvalue weighted by atomic mass is 16.3. The molecule has 0 saturated heterocycles. The molecule has 0 aliphatic carbocycles. The minimum Gasteiger partial charge on any atom is -0.495 e. The molecule has 0 unspecified atom stereocenters. The second-order valence-corrected chi connectivity index (χ2v) is 3.82. The first-order valence-corrected chi connectivity index (χ1v) is 5.20. The zero-order chi connectivity index (χ0) is 11.0. The average molecular weight is 209 g/mol. The molecule has 0 aliphatic rings. The van der Waals surface area contributed by atoms with Crippen LogP contribution >= 0.6 is 0 Å². The van der Waals surface area contributed by atoms with Crippen molar-refractivity contribution >= 4 is 10.9 Å². The van der Waals surface area contributed by atoms with Gasteiger partial charge in [-0.25, -0.2) is 0 Å². The van der Waals surface area contributed by atoms with E-state index in [1.54, 1.807) is 6.07 Å².